The molecule has 0 heterocycles. The van der Waals surface area contributed by atoms with Gasteiger partial charge in [0.25, 0.3) is 5.91 Å². The first kappa shape index (κ1) is 22.9. The highest BCUT2D eigenvalue weighted by atomic mass is 79.9. The van der Waals surface area contributed by atoms with Crippen LogP contribution in [0.25, 0.3) is 0 Å². The second-order valence-electron chi connectivity index (χ2n) is 7.47. The molecule has 0 aromatic heterocycles. The van der Waals surface area contributed by atoms with E-state index in [1.807, 2.05) is 70.2 Å². The predicted molar refractivity (Wildman–Crippen MR) is 119 cm³/mol. The van der Waals surface area contributed by atoms with Crippen molar-refractivity contribution in [2.45, 2.75) is 53.2 Å². The van der Waals surface area contributed by atoms with Crippen LogP contribution in [0.4, 0.5) is 0 Å². The van der Waals surface area contributed by atoms with Gasteiger partial charge in [-0.1, -0.05) is 40.2 Å². The Morgan fingerprint density at radius 3 is 2.34 bits per heavy atom. The maximum Gasteiger partial charge on any atom is 0.261 e. The van der Waals surface area contributed by atoms with E-state index in [-0.39, 0.29) is 24.5 Å². The molecule has 2 aromatic rings. The van der Waals surface area contributed by atoms with Crippen LogP contribution in [0.2, 0.25) is 0 Å². The monoisotopic (exact) mass is 460 g/mol. The van der Waals surface area contributed by atoms with Crippen LogP contribution in [-0.2, 0) is 16.1 Å². The largest absolute Gasteiger partial charge is 0.483 e. The van der Waals surface area contributed by atoms with Crippen LogP contribution in [-0.4, -0.2) is 35.4 Å². The number of rotatable bonds is 8. The van der Waals surface area contributed by atoms with Crippen molar-refractivity contribution in [1.82, 2.24) is 10.2 Å². The summed E-state index contributed by atoms with van der Waals surface area (Å²) < 4.78 is 6.76. The molecule has 0 bridgehead atoms. The maximum absolute atomic E-state index is 13.0. The molecular formula is C23H29BrN2O3. The van der Waals surface area contributed by atoms with Gasteiger partial charge >= 0.3 is 0 Å². The number of carbonyl (C=O) groups is 2. The summed E-state index contributed by atoms with van der Waals surface area (Å²) in [7, 11) is 0. The number of benzene rings is 2. The standard InChI is InChI=1S/C23H29BrN2O3/c1-15(2)25-23(28)18(5)26(13-19-9-11-20(24)12-10-19)22(27)14-29-21-8-6-7-16(3)17(21)4/h6-12,15,18H,13-14H2,1-5H3,(H,25,28)/t18-/m1/s1. The number of ether oxygens (including phenoxy) is 1. The van der Waals surface area contributed by atoms with Crippen LogP contribution in [0.5, 0.6) is 5.75 Å². The van der Waals surface area contributed by atoms with E-state index in [9.17, 15) is 9.59 Å². The Morgan fingerprint density at radius 2 is 1.72 bits per heavy atom. The average molecular weight is 461 g/mol. The number of carbonyl (C=O) groups excluding carboxylic acids is 2. The van der Waals surface area contributed by atoms with Gasteiger partial charge in [-0.05, 0) is 69.5 Å². The first-order valence-corrected chi connectivity index (χ1v) is 10.5. The topological polar surface area (TPSA) is 58.6 Å². The van der Waals surface area contributed by atoms with E-state index in [1.54, 1.807) is 11.8 Å². The quantitative estimate of drug-likeness (QED) is 0.635. The molecule has 0 saturated heterocycles. The van der Waals surface area contributed by atoms with E-state index in [2.05, 4.69) is 21.2 Å². The van der Waals surface area contributed by atoms with Gasteiger partial charge in [-0.3, -0.25) is 9.59 Å². The maximum atomic E-state index is 13.0. The SMILES string of the molecule is Cc1cccc(OCC(=O)N(Cc2ccc(Br)cc2)[C@H](C)C(=O)NC(C)C)c1C. The third-order valence-corrected chi connectivity index (χ3v) is 5.30. The molecule has 5 nitrogen and oxygen atoms in total. The number of hydrogen-bond acceptors (Lipinski definition) is 3. The molecule has 0 aliphatic heterocycles. The van der Waals surface area contributed by atoms with Gasteiger partial charge < -0.3 is 15.0 Å². The zero-order valence-electron chi connectivity index (χ0n) is 17.7. The number of aryl methyl sites for hydroxylation is 1. The molecule has 0 unspecified atom stereocenters. The van der Waals surface area contributed by atoms with E-state index >= 15 is 0 Å². The highest BCUT2D eigenvalue weighted by molar-refractivity contribution is 9.10. The first-order valence-electron chi connectivity index (χ1n) is 9.72. The van der Waals surface area contributed by atoms with E-state index in [1.165, 1.54) is 0 Å². The zero-order chi connectivity index (χ0) is 21.6. The van der Waals surface area contributed by atoms with Crippen molar-refractivity contribution in [3.63, 3.8) is 0 Å². The smallest absolute Gasteiger partial charge is 0.261 e. The van der Waals surface area contributed by atoms with Crippen molar-refractivity contribution in [2.75, 3.05) is 6.61 Å². The summed E-state index contributed by atoms with van der Waals surface area (Å²) in [4.78, 5) is 27.2. The fraction of sp³-hybridized carbons (Fsp3) is 0.391. The molecule has 0 spiro atoms. The van der Waals surface area contributed by atoms with Gasteiger partial charge in [0.05, 0.1) is 0 Å². The average Bonchev–Trinajstić information content (AvgIpc) is 2.67. The molecule has 0 radical (unpaired) electrons. The van der Waals surface area contributed by atoms with Gasteiger partial charge in [-0.15, -0.1) is 0 Å². The first-order chi connectivity index (χ1) is 13.7. The summed E-state index contributed by atoms with van der Waals surface area (Å²) in [5, 5.41) is 2.88. The second-order valence-corrected chi connectivity index (χ2v) is 8.39. The number of nitrogens with zero attached hydrogens (tertiary/aromatic N) is 1. The van der Waals surface area contributed by atoms with Gasteiger partial charge in [0.2, 0.25) is 5.91 Å². The van der Waals surface area contributed by atoms with Crippen LogP contribution in [0.3, 0.4) is 0 Å². The van der Waals surface area contributed by atoms with Crippen molar-refractivity contribution < 1.29 is 14.3 Å². The molecule has 2 amide bonds. The minimum Gasteiger partial charge on any atom is -0.483 e. The third kappa shape index (κ3) is 6.60. The van der Waals surface area contributed by atoms with Gasteiger partial charge in [0, 0.05) is 17.1 Å². The molecular weight excluding hydrogens is 432 g/mol. The van der Waals surface area contributed by atoms with Crippen LogP contribution in [0, 0.1) is 13.8 Å². The summed E-state index contributed by atoms with van der Waals surface area (Å²) in [6.45, 7) is 9.71. The van der Waals surface area contributed by atoms with Crippen molar-refractivity contribution >= 4 is 27.7 Å². The fourth-order valence-electron chi connectivity index (χ4n) is 2.88. The molecule has 156 valence electrons. The Balaban J connectivity index is 2.17. The zero-order valence-corrected chi connectivity index (χ0v) is 19.2. The molecule has 1 atom stereocenters. The van der Waals surface area contributed by atoms with Gasteiger partial charge in [-0.25, -0.2) is 0 Å². The number of halogens is 1. The lowest BCUT2D eigenvalue weighted by atomic mass is 10.1. The van der Waals surface area contributed by atoms with Crippen molar-refractivity contribution in [3.05, 3.63) is 63.6 Å². The molecule has 6 heteroatoms. The molecule has 0 fully saturated rings. The van der Waals surface area contributed by atoms with E-state index in [0.29, 0.717) is 12.3 Å². The number of nitrogens with one attached hydrogen (secondary N) is 1. The molecule has 0 aliphatic carbocycles. The minimum absolute atomic E-state index is 0.000719. The summed E-state index contributed by atoms with van der Waals surface area (Å²) in [6, 6.07) is 12.8. The van der Waals surface area contributed by atoms with Crippen LogP contribution >= 0.6 is 15.9 Å². The minimum atomic E-state index is -0.615. The molecule has 0 aliphatic rings. The molecule has 0 saturated carbocycles. The number of amides is 2. The third-order valence-electron chi connectivity index (χ3n) is 4.77. The summed E-state index contributed by atoms with van der Waals surface area (Å²) in [6.07, 6.45) is 0. The highest BCUT2D eigenvalue weighted by Crippen LogP contribution is 2.21. The molecule has 2 aromatic carbocycles. The lowest BCUT2D eigenvalue weighted by Crippen LogP contribution is -2.50. The van der Waals surface area contributed by atoms with Crippen LogP contribution < -0.4 is 10.1 Å². The van der Waals surface area contributed by atoms with Crippen LogP contribution in [0.15, 0.2) is 46.9 Å². The van der Waals surface area contributed by atoms with Crippen molar-refractivity contribution in [3.8, 4) is 5.75 Å². The Hall–Kier alpha value is -2.34. The van der Waals surface area contributed by atoms with E-state index < -0.39 is 6.04 Å². The van der Waals surface area contributed by atoms with Crippen LogP contribution in [0.1, 0.15) is 37.5 Å². The fourth-order valence-corrected chi connectivity index (χ4v) is 3.14. The lowest BCUT2D eigenvalue weighted by molar-refractivity contribution is -0.142. The molecule has 1 N–H and O–H groups in total. The normalized spacial score (nSPS) is 11.8. The summed E-state index contributed by atoms with van der Waals surface area (Å²) in [5.74, 6) is 0.263. The van der Waals surface area contributed by atoms with E-state index in [0.717, 1.165) is 21.2 Å². The molecule has 29 heavy (non-hydrogen) atoms. The van der Waals surface area contributed by atoms with Crippen molar-refractivity contribution in [2.24, 2.45) is 0 Å². The molecule has 2 rings (SSSR count). The number of hydrogen-bond donors (Lipinski definition) is 1. The Labute approximate surface area is 181 Å². The van der Waals surface area contributed by atoms with E-state index in [4.69, 9.17) is 4.74 Å². The lowest BCUT2D eigenvalue weighted by Gasteiger charge is -2.29. The summed E-state index contributed by atoms with van der Waals surface area (Å²) >= 11 is 3.42. The highest BCUT2D eigenvalue weighted by Gasteiger charge is 2.27. The Bertz CT molecular complexity index is 850. The summed E-state index contributed by atoms with van der Waals surface area (Å²) in [5.41, 5.74) is 3.05. The Morgan fingerprint density at radius 1 is 1.07 bits per heavy atom. The van der Waals surface area contributed by atoms with Gasteiger partial charge in [0.15, 0.2) is 6.61 Å². The van der Waals surface area contributed by atoms with Gasteiger partial charge in [0.1, 0.15) is 11.8 Å². The predicted octanol–water partition coefficient (Wildman–Crippen LogP) is 4.39. The second kappa shape index (κ2) is 10.4. The Kier molecular flexibility index (Phi) is 8.26. The van der Waals surface area contributed by atoms with Crippen molar-refractivity contribution in [1.29, 1.82) is 0 Å². The van der Waals surface area contributed by atoms with Gasteiger partial charge in [-0.2, -0.15) is 0 Å².